The van der Waals surface area contributed by atoms with E-state index in [1.165, 1.54) is 25.7 Å². The predicted molar refractivity (Wildman–Crippen MR) is 96.3 cm³/mol. The van der Waals surface area contributed by atoms with Crippen LogP contribution in [0.2, 0.25) is 10.0 Å². The zero-order valence-electron chi connectivity index (χ0n) is 13.0. The van der Waals surface area contributed by atoms with Crippen LogP contribution in [0.1, 0.15) is 36.8 Å². The minimum atomic E-state index is 0.523. The van der Waals surface area contributed by atoms with Crippen molar-refractivity contribution >= 4 is 23.2 Å². The van der Waals surface area contributed by atoms with Crippen molar-refractivity contribution in [2.24, 2.45) is 0 Å². The molecule has 0 saturated heterocycles. The molecule has 0 aromatic heterocycles. The normalized spacial score (nSPS) is 15.0. The van der Waals surface area contributed by atoms with Crippen LogP contribution in [-0.2, 0) is 13.2 Å². The molecule has 23 heavy (non-hydrogen) atoms. The van der Waals surface area contributed by atoms with Gasteiger partial charge in [0.2, 0.25) is 0 Å². The minimum absolute atomic E-state index is 0.523. The van der Waals surface area contributed by atoms with Gasteiger partial charge in [0.1, 0.15) is 12.4 Å². The van der Waals surface area contributed by atoms with Crippen LogP contribution in [0.5, 0.6) is 5.75 Å². The molecule has 0 spiro atoms. The molecule has 0 amide bonds. The van der Waals surface area contributed by atoms with Crippen molar-refractivity contribution in [3.63, 3.8) is 0 Å². The maximum absolute atomic E-state index is 6.15. The maximum atomic E-state index is 6.15. The first-order valence-electron chi connectivity index (χ1n) is 8.10. The summed E-state index contributed by atoms with van der Waals surface area (Å²) in [6, 6.07) is 14.2. The Hall–Kier alpha value is -1.22. The summed E-state index contributed by atoms with van der Waals surface area (Å²) in [6.45, 7) is 1.32. The maximum Gasteiger partial charge on any atom is 0.124 e. The lowest BCUT2D eigenvalue weighted by atomic mass is 10.1. The van der Waals surface area contributed by atoms with Gasteiger partial charge < -0.3 is 10.1 Å². The predicted octanol–water partition coefficient (Wildman–Crippen LogP) is 5.60. The van der Waals surface area contributed by atoms with Crippen LogP contribution in [0, 0.1) is 0 Å². The Labute approximate surface area is 147 Å². The fourth-order valence-corrected chi connectivity index (χ4v) is 3.27. The van der Waals surface area contributed by atoms with Crippen LogP contribution in [0.15, 0.2) is 42.5 Å². The smallest absolute Gasteiger partial charge is 0.124 e. The second-order valence-electron chi connectivity index (χ2n) is 6.03. The molecule has 0 radical (unpaired) electrons. The van der Waals surface area contributed by atoms with Gasteiger partial charge in [-0.25, -0.2) is 0 Å². The molecular formula is C19H21Cl2NO. The monoisotopic (exact) mass is 349 g/mol. The van der Waals surface area contributed by atoms with E-state index in [2.05, 4.69) is 5.32 Å². The van der Waals surface area contributed by atoms with Gasteiger partial charge in [-0.05, 0) is 48.7 Å². The Morgan fingerprint density at radius 1 is 0.957 bits per heavy atom. The highest BCUT2D eigenvalue weighted by molar-refractivity contribution is 6.30. The van der Waals surface area contributed by atoms with E-state index < -0.39 is 0 Å². The van der Waals surface area contributed by atoms with Crippen LogP contribution in [0.25, 0.3) is 0 Å². The topological polar surface area (TPSA) is 21.3 Å². The van der Waals surface area contributed by atoms with E-state index >= 15 is 0 Å². The van der Waals surface area contributed by atoms with Gasteiger partial charge in [-0.15, -0.1) is 0 Å². The Kier molecular flexibility index (Phi) is 5.82. The summed E-state index contributed by atoms with van der Waals surface area (Å²) in [6.07, 6.45) is 5.18. The summed E-state index contributed by atoms with van der Waals surface area (Å²) in [4.78, 5) is 0. The summed E-state index contributed by atoms with van der Waals surface area (Å²) in [5.74, 6) is 0.884. The molecule has 0 heterocycles. The Morgan fingerprint density at radius 2 is 1.65 bits per heavy atom. The van der Waals surface area contributed by atoms with Crippen LogP contribution in [0.4, 0.5) is 0 Å². The van der Waals surface area contributed by atoms with Gasteiger partial charge in [0.25, 0.3) is 0 Å². The SMILES string of the molecule is Clc1ccc(COc2ccc(Cl)cc2CNC2CCCC2)cc1. The van der Waals surface area contributed by atoms with Crippen LogP contribution in [-0.4, -0.2) is 6.04 Å². The molecule has 2 nitrogen and oxygen atoms in total. The molecule has 1 fully saturated rings. The molecule has 0 atom stereocenters. The molecule has 1 saturated carbocycles. The standard InChI is InChI=1S/C19H21Cl2NO/c20-16-7-5-14(6-8-16)13-23-19-10-9-17(21)11-15(19)12-22-18-3-1-2-4-18/h5-11,18,22H,1-4,12-13H2. The van der Waals surface area contributed by atoms with Crippen molar-refractivity contribution in [3.8, 4) is 5.75 Å². The highest BCUT2D eigenvalue weighted by atomic mass is 35.5. The number of nitrogens with one attached hydrogen (secondary N) is 1. The third-order valence-corrected chi connectivity index (χ3v) is 4.75. The third-order valence-electron chi connectivity index (χ3n) is 4.27. The lowest BCUT2D eigenvalue weighted by Crippen LogP contribution is -2.25. The summed E-state index contributed by atoms with van der Waals surface area (Å²) in [5, 5.41) is 5.10. The van der Waals surface area contributed by atoms with Gasteiger partial charge in [0.15, 0.2) is 0 Å². The Bertz CT molecular complexity index is 636. The van der Waals surface area contributed by atoms with Crippen molar-refractivity contribution in [1.29, 1.82) is 0 Å². The fourth-order valence-electron chi connectivity index (χ4n) is 2.95. The zero-order chi connectivity index (χ0) is 16.1. The lowest BCUT2D eigenvalue weighted by Gasteiger charge is -2.16. The van der Waals surface area contributed by atoms with E-state index in [-0.39, 0.29) is 0 Å². The second-order valence-corrected chi connectivity index (χ2v) is 6.90. The molecule has 1 N–H and O–H groups in total. The van der Waals surface area contributed by atoms with Crippen molar-refractivity contribution in [2.45, 2.75) is 44.9 Å². The average molecular weight is 350 g/mol. The Balaban J connectivity index is 1.64. The van der Waals surface area contributed by atoms with Crippen molar-refractivity contribution in [3.05, 3.63) is 63.6 Å². The molecule has 0 unspecified atom stereocenters. The quantitative estimate of drug-likeness (QED) is 0.732. The number of hydrogen-bond acceptors (Lipinski definition) is 2. The molecule has 1 aliphatic rings. The van der Waals surface area contributed by atoms with E-state index in [9.17, 15) is 0 Å². The second kappa shape index (κ2) is 8.05. The summed E-state index contributed by atoms with van der Waals surface area (Å²) < 4.78 is 5.99. The number of rotatable bonds is 6. The number of benzene rings is 2. The van der Waals surface area contributed by atoms with Gasteiger partial charge in [-0.1, -0.05) is 48.2 Å². The van der Waals surface area contributed by atoms with E-state index in [1.807, 2.05) is 42.5 Å². The van der Waals surface area contributed by atoms with Crippen LogP contribution < -0.4 is 10.1 Å². The number of ether oxygens (including phenoxy) is 1. The summed E-state index contributed by atoms with van der Waals surface area (Å²) >= 11 is 12.1. The molecule has 2 aromatic rings. The highest BCUT2D eigenvalue weighted by Crippen LogP contribution is 2.25. The highest BCUT2D eigenvalue weighted by Gasteiger charge is 2.15. The first-order valence-corrected chi connectivity index (χ1v) is 8.85. The lowest BCUT2D eigenvalue weighted by molar-refractivity contribution is 0.301. The van der Waals surface area contributed by atoms with Crippen LogP contribution >= 0.6 is 23.2 Å². The van der Waals surface area contributed by atoms with Crippen molar-refractivity contribution < 1.29 is 4.74 Å². The van der Waals surface area contributed by atoms with Gasteiger partial charge in [0, 0.05) is 28.2 Å². The van der Waals surface area contributed by atoms with E-state index in [1.54, 1.807) is 0 Å². The first-order chi connectivity index (χ1) is 11.2. The molecular weight excluding hydrogens is 329 g/mol. The molecule has 0 aliphatic heterocycles. The molecule has 122 valence electrons. The number of hydrogen-bond donors (Lipinski definition) is 1. The zero-order valence-corrected chi connectivity index (χ0v) is 14.5. The van der Waals surface area contributed by atoms with Gasteiger partial charge in [-0.3, -0.25) is 0 Å². The first kappa shape index (κ1) is 16.6. The van der Waals surface area contributed by atoms with Crippen LogP contribution in [0.3, 0.4) is 0 Å². The van der Waals surface area contributed by atoms with Crippen molar-refractivity contribution in [2.75, 3.05) is 0 Å². The summed E-state index contributed by atoms with van der Waals surface area (Å²) in [5.41, 5.74) is 2.21. The molecule has 1 aliphatic carbocycles. The molecule has 4 heteroatoms. The van der Waals surface area contributed by atoms with Gasteiger partial charge in [-0.2, -0.15) is 0 Å². The van der Waals surface area contributed by atoms with Gasteiger partial charge >= 0.3 is 0 Å². The van der Waals surface area contributed by atoms with E-state index in [0.717, 1.165) is 33.5 Å². The minimum Gasteiger partial charge on any atom is -0.489 e. The van der Waals surface area contributed by atoms with E-state index in [4.69, 9.17) is 27.9 Å². The van der Waals surface area contributed by atoms with E-state index in [0.29, 0.717) is 12.6 Å². The van der Waals surface area contributed by atoms with Crippen molar-refractivity contribution in [1.82, 2.24) is 5.32 Å². The molecule has 3 rings (SSSR count). The fraction of sp³-hybridized carbons (Fsp3) is 0.368. The summed E-state index contributed by atoms with van der Waals surface area (Å²) in [7, 11) is 0. The largest absolute Gasteiger partial charge is 0.489 e. The average Bonchev–Trinajstić information content (AvgIpc) is 3.07. The third kappa shape index (κ3) is 4.87. The molecule has 0 bridgehead atoms. The van der Waals surface area contributed by atoms with Gasteiger partial charge in [0.05, 0.1) is 0 Å². The number of halogens is 2. The Morgan fingerprint density at radius 3 is 2.39 bits per heavy atom. The molecule has 2 aromatic carbocycles.